The zero-order valence-electron chi connectivity index (χ0n) is 6.03. The van der Waals surface area contributed by atoms with Gasteiger partial charge in [0.25, 0.3) is 0 Å². The average molecular weight is 165 g/mol. The van der Waals surface area contributed by atoms with Crippen molar-refractivity contribution in [2.75, 3.05) is 5.73 Å². The molecule has 0 saturated carbocycles. The van der Waals surface area contributed by atoms with Gasteiger partial charge in [0, 0.05) is 5.39 Å². The van der Waals surface area contributed by atoms with Crippen LogP contribution >= 0.6 is 11.3 Å². The molecular formula is C7H7N3S. The Bertz CT molecular complexity index is 393. The van der Waals surface area contributed by atoms with Crippen molar-refractivity contribution in [3.8, 4) is 0 Å². The fourth-order valence-electron chi connectivity index (χ4n) is 1.01. The van der Waals surface area contributed by atoms with Gasteiger partial charge in [-0.25, -0.2) is 0 Å². The average Bonchev–Trinajstić information content (AvgIpc) is 2.35. The van der Waals surface area contributed by atoms with Gasteiger partial charge in [-0.05, 0) is 17.9 Å². The minimum Gasteiger partial charge on any atom is -0.381 e. The van der Waals surface area contributed by atoms with Gasteiger partial charge in [-0.15, -0.1) is 16.4 Å². The predicted molar refractivity (Wildman–Crippen MR) is 46.6 cm³/mol. The van der Waals surface area contributed by atoms with Gasteiger partial charge in [-0.2, -0.15) is 5.10 Å². The molecule has 0 amide bonds. The highest BCUT2D eigenvalue weighted by Gasteiger charge is 2.03. The maximum Gasteiger partial charge on any atom is 0.164 e. The molecule has 0 bridgehead atoms. The number of thiophene rings is 1. The first-order valence-corrected chi connectivity index (χ1v) is 4.12. The van der Waals surface area contributed by atoms with E-state index in [2.05, 4.69) is 15.6 Å². The third kappa shape index (κ3) is 0.867. The summed E-state index contributed by atoms with van der Waals surface area (Å²) in [4.78, 5) is 0. The second-order valence-electron chi connectivity index (χ2n) is 2.39. The lowest BCUT2D eigenvalue weighted by Crippen LogP contribution is -1.91. The number of hydrogen-bond acceptors (Lipinski definition) is 4. The Hall–Kier alpha value is -1.16. The molecule has 2 rings (SSSR count). The summed E-state index contributed by atoms with van der Waals surface area (Å²) in [5, 5.41) is 10.7. The molecule has 0 radical (unpaired) electrons. The Balaban J connectivity index is 2.94. The molecule has 2 aromatic rings. The van der Waals surface area contributed by atoms with Crippen molar-refractivity contribution in [2.24, 2.45) is 0 Å². The van der Waals surface area contributed by atoms with E-state index >= 15 is 0 Å². The lowest BCUT2D eigenvalue weighted by atomic mass is 10.2. The number of nitrogens with two attached hydrogens (primary N) is 1. The maximum absolute atomic E-state index is 5.61. The monoisotopic (exact) mass is 165 g/mol. The van der Waals surface area contributed by atoms with Crippen LogP contribution in [0.1, 0.15) is 5.56 Å². The molecule has 0 fully saturated rings. The summed E-state index contributed by atoms with van der Waals surface area (Å²) in [6, 6.07) is 0. The summed E-state index contributed by atoms with van der Waals surface area (Å²) in [7, 11) is 0. The normalized spacial score (nSPS) is 10.6. The lowest BCUT2D eigenvalue weighted by Gasteiger charge is -1.91. The van der Waals surface area contributed by atoms with Gasteiger partial charge in [0.15, 0.2) is 5.82 Å². The number of nitrogens with zero attached hydrogens (tertiary/aromatic N) is 2. The lowest BCUT2D eigenvalue weighted by molar-refractivity contribution is 1.06. The first kappa shape index (κ1) is 6.54. The van der Waals surface area contributed by atoms with E-state index in [0.717, 1.165) is 10.1 Å². The molecule has 56 valence electrons. The van der Waals surface area contributed by atoms with Gasteiger partial charge < -0.3 is 5.73 Å². The van der Waals surface area contributed by atoms with E-state index in [-0.39, 0.29) is 0 Å². The van der Waals surface area contributed by atoms with Crippen LogP contribution in [0.2, 0.25) is 0 Å². The van der Waals surface area contributed by atoms with Crippen LogP contribution < -0.4 is 5.73 Å². The Morgan fingerprint density at radius 3 is 3.09 bits per heavy atom. The first-order chi connectivity index (χ1) is 5.29. The predicted octanol–water partition coefficient (Wildman–Crippen LogP) is 1.58. The molecule has 0 aromatic carbocycles. The van der Waals surface area contributed by atoms with E-state index in [9.17, 15) is 0 Å². The summed E-state index contributed by atoms with van der Waals surface area (Å²) >= 11 is 1.61. The summed E-state index contributed by atoms with van der Waals surface area (Å²) in [5.74, 6) is 0.528. The van der Waals surface area contributed by atoms with Crippen LogP contribution in [0, 0.1) is 6.92 Å². The number of rotatable bonds is 0. The highest BCUT2D eigenvalue weighted by Crippen LogP contribution is 2.27. The van der Waals surface area contributed by atoms with Crippen molar-refractivity contribution in [3.63, 3.8) is 0 Å². The number of nitrogen functional groups attached to an aromatic ring is 1. The molecule has 2 N–H and O–H groups in total. The summed E-state index contributed by atoms with van der Waals surface area (Å²) in [6.07, 6.45) is 1.75. The smallest absolute Gasteiger partial charge is 0.164 e. The maximum atomic E-state index is 5.61. The van der Waals surface area contributed by atoms with Crippen LogP contribution in [0.25, 0.3) is 10.1 Å². The van der Waals surface area contributed by atoms with Crippen LogP contribution in [0.15, 0.2) is 11.6 Å². The number of aromatic nitrogens is 2. The zero-order chi connectivity index (χ0) is 7.84. The Morgan fingerprint density at radius 2 is 2.36 bits per heavy atom. The van der Waals surface area contributed by atoms with Crippen molar-refractivity contribution in [2.45, 2.75) is 6.92 Å². The molecule has 3 nitrogen and oxygen atoms in total. The molecule has 0 aliphatic carbocycles. The van der Waals surface area contributed by atoms with Gasteiger partial charge >= 0.3 is 0 Å². The molecule has 0 aliphatic heterocycles. The number of hydrogen-bond donors (Lipinski definition) is 1. The molecule has 0 spiro atoms. The van der Waals surface area contributed by atoms with Gasteiger partial charge in [0.1, 0.15) is 0 Å². The van der Waals surface area contributed by atoms with Crippen LogP contribution in [0.5, 0.6) is 0 Å². The van der Waals surface area contributed by atoms with Crippen LogP contribution in [0.3, 0.4) is 0 Å². The molecule has 4 heteroatoms. The van der Waals surface area contributed by atoms with Crippen molar-refractivity contribution in [1.82, 2.24) is 10.2 Å². The Morgan fingerprint density at radius 1 is 1.55 bits per heavy atom. The third-order valence-corrected chi connectivity index (χ3v) is 2.74. The molecule has 0 unspecified atom stereocenters. The van der Waals surface area contributed by atoms with E-state index < -0.39 is 0 Å². The number of anilines is 1. The second kappa shape index (κ2) is 2.17. The highest BCUT2D eigenvalue weighted by atomic mass is 32.1. The molecule has 2 aromatic heterocycles. The molecule has 0 saturated heterocycles. The quantitative estimate of drug-likeness (QED) is 0.644. The van der Waals surface area contributed by atoms with E-state index in [1.807, 2.05) is 6.92 Å². The molecule has 11 heavy (non-hydrogen) atoms. The van der Waals surface area contributed by atoms with Crippen molar-refractivity contribution in [1.29, 1.82) is 0 Å². The second-order valence-corrected chi connectivity index (χ2v) is 3.27. The van der Waals surface area contributed by atoms with Gasteiger partial charge in [-0.3, -0.25) is 0 Å². The summed E-state index contributed by atoms with van der Waals surface area (Å²) in [6.45, 7) is 2.04. The minimum atomic E-state index is 0.528. The van der Waals surface area contributed by atoms with E-state index in [1.54, 1.807) is 17.5 Å². The Labute approximate surface area is 67.9 Å². The first-order valence-electron chi connectivity index (χ1n) is 3.24. The highest BCUT2D eigenvalue weighted by molar-refractivity contribution is 7.18. The zero-order valence-corrected chi connectivity index (χ0v) is 6.85. The Kier molecular flexibility index (Phi) is 1.29. The van der Waals surface area contributed by atoms with Crippen LogP contribution in [-0.4, -0.2) is 10.2 Å². The fraction of sp³-hybridized carbons (Fsp3) is 0.143. The molecular weight excluding hydrogens is 158 g/mol. The standard InChI is InChI=1S/C7H7N3S/c1-4-3-11-6-5(4)2-9-10-7(6)8/h2-3H,1H3,(H2,8,10). The minimum absolute atomic E-state index is 0.528. The van der Waals surface area contributed by atoms with Crippen molar-refractivity contribution >= 4 is 27.2 Å². The molecule has 2 heterocycles. The number of fused-ring (bicyclic) bond motifs is 1. The topological polar surface area (TPSA) is 51.8 Å². The SMILES string of the molecule is Cc1csc2c(N)nncc12. The van der Waals surface area contributed by atoms with Crippen molar-refractivity contribution in [3.05, 3.63) is 17.1 Å². The van der Waals surface area contributed by atoms with E-state index in [4.69, 9.17) is 5.73 Å². The largest absolute Gasteiger partial charge is 0.381 e. The van der Waals surface area contributed by atoms with E-state index in [0.29, 0.717) is 5.82 Å². The summed E-state index contributed by atoms with van der Waals surface area (Å²) in [5.41, 5.74) is 6.82. The van der Waals surface area contributed by atoms with Crippen LogP contribution in [0.4, 0.5) is 5.82 Å². The van der Waals surface area contributed by atoms with Crippen molar-refractivity contribution < 1.29 is 0 Å². The van der Waals surface area contributed by atoms with Crippen LogP contribution in [-0.2, 0) is 0 Å². The summed E-state index contributed by atoms with van der Waals surface area (Å²) < 4.78 is 1.04. The third-order valence-electron chi connectivity index (χ3n) is 1.61. The van der Waals surface area contributed by atoms with Gasteiger partial charge in [0.05, 0.1) is 10.9 Å². The molecule has 0 aliphatic rings. The fourth-order valence-corrected chi connectivity index (χ4v) is 1.93. The van der Waals surface area contributed by atoms with Gasteiger partial charge in [0.2, 0.25) is 0 Å². The van der Waals surface area contributed by atoms with E-state index in [1.165, 1.54) is 5.56 Å². The molecule has 0 atom stereocenters. The van der Waals surface area contributed by atoms with Gasteiger partial charge in [-0.1, -0.05) is 0 Å². The number of aryl methyl sites for hydroxylation is 1.